The number of benzene rings is 1. The Kier molecular flexibility index (Phi) is 7.46. The summed E-state index contributed by atoms with van der Waals surface area (Å²) in [6.45, 7) is 3.78. The molecule has 1 aromatic carbocycles. The van der Waals surface area contributed by atoms with Crippen molar-refractivity contribution in [3.8, 4) is 5.88 Å². The van der Waals surface area contributed by atoms with E-state index in [1.807, 2.05) is 13.8 Å². The Balaban J connectivity index is 1.53. The third kappa shape index (κ3) is 5.61. The summed E-state index contributed by atoms with van der Waals surface area (Å²) in [5.41, 5.74) is 2.34. The number of ether oxygens (including phenoxy) is 1. The Morgan fingerprint density at radius 2 is 1.93 bits per heavy atom. The minimum atomic E-state index is -4.71. The highest BCUT2D eigenvalue weighted by atomic mass is 32.2. The number of hydrogen-bond acceptors (Lipinski definition) is 7. The van der Waals surface area contributed by atoms with Crippen molar-refractivity contribution in [3.05, 3.63) is 82.9 Å². The van der Waals surface area contributed by atoms with Crippen LogP contribution in [-0.4, -0.2) is 56.0 Å². The number of rotatable bonds is 7. The molecule has 0 fully saturated rings. The monoisotopic (exact) mass is 589 g/mol. The third-order valence-electron chi connectivity index (χ3n) is 7.09. The average Bonchev–Trinajstić information content (AvgIpc) is 3.32. The second kappa shape index (κ2) is 10.7. The molecule has 4 aromatic rings. The maximum Gasteiger partial charge on any atom is 0.452 e. The van der Waals surface area contributed by atoms with Crippen molar-refractivity contribution in [2.45, 2.75) is 56.3 Å². The van der Waals surface area contributed by atoms with Crippen LogP contribution in [0.4, 0.5) is 13.2 Å². The van der Waals surface area contributed by atoms with Gasteiger partial charge >= 0.3 is 12.1 Å². The Bertz CT molecular complexity index is 1720. The molecule has 0 aliphatic carbocycles. The number of aromatic nitrogens is 4. The second-order valence-corrected chi connectivity index (χ2v) is 11.7. The van der Waals surface area contributed by atoms with E-state index in [1.54, 1.807) is 18.2 Å². The van der Waals surface area contributed by atoms with Gasteiger partial charge in [0.05, 0.1) is 13.0 Å². The number of fused-ring (bicyclic) bond motifs is 2. The van der Waals surface area contributed by atoms with Crippen molar-refractivity contribution in [1.29, 1.82) is 0 Å². The molecule has 0 saturated carbocycles. The third-order valence-corrected chi connectivity index (χ3v) is 8.91. The van der Waals surface area contributed by atoms with E-state index in [9.17, 15) is 31.5 Å². The maximum atomic E-state index is 13.6. The summed E-state index contributed by atoms with van der Waals surface area (Å²) >= 11 is 0. The van der Waals surface area contributed by atoms with Gasteiger partial charge in [-0.3, -0.25) is 9.20 Å². The van der Waals surface area contributed by atoms with Crippen molar-refractivity contribution in [2.24, 2.45) is 0 Å². The van der Waals surface area contributed by atoms with Crippen LogP contribution < -0.4 is 4.74 Å². The van der Waals surface area contributed by atoms with Crippen LogP contribution in [-0.2, 0) is 27.5 Å². The normalized spacial score (nSPS) is 17.9. The molecule has 0 bridgehead atoms. The molecule has 2 atom stereocenters. The first-order valence-electron chi connectivity index (χ1n) is 12.7. The fourth-order valence-corrected chi connectivity index (χ4v) is 6.39. The van der Waals surface area contributed by atoms with Crippen LogP contribution >= 0.6 is 0 Å². The largest absolute Gasteiger partial charge is 0.481 e. The molecular formula is C27H26F3N5O5S. The molecule has 3 aromatic heterocycles. The van der Waals surface area contributed by atoms with Crippen molar-refractivity contribution >= 4 is 21.6 Å². The molecule has 0 saturated heterocycles. The zero-order valence-electron chi connectivity index (χ0n) is 22.0. The van der Waals surface area contributed by atoms with Gasteiger partial charge in [-0.15, -0.1) is 10.2 Å². The van der Waals surface area contributed by atoms with E-state index in [-0.39, 0.29) is 35.9 Å². The molecule has 0 amide bonds. The summed E-state index contributed by atoms with van der Waals surface area (Å²) in [4.78, 5) is 15.9. The minimum absolute atomic E-state index is 0.00581. The highest BCUT2D eigenvalue weighted by Gasteiger charge is 2.37. The lowest BCUT2D eigenvalue weighted by Crippen LogP contribution is -2.36. The summed E-state index contributed by atoms with van der Waals surface area (Å²) in [5.74, 6) is -3.00. The van der Waals surface area contributed by atoms with Gasteiger partial charge in [-0.2, -0.15) is 17.5 Å². The van der Waals surface area contributed by atoms with Gasteiger partial charge in [-0.05, 0) is 59.9 Å². The first-order valence-corrected chi connectivity index (χ1v) is 14.2. The fourth-order valence-electron chi connectivity index (χ4n) is 4.87. The highest BCUT2D eigenvalue weighted by Crippen LogP contribution is 2.34. The number of carbonyl (C=O) groups is 1. The second-order valence-electron chi connectivity index (χ2n) is 9.80. The average molecular weight is 590 g/mol. The van der Waals surface area contributed by atoms with E-state index in [4.69, 9.17) is 4.74 Å². The molecule has 1 aliphatic heterocycles. The summed E-state index contributed by atoms with van der Waals surface area (Å²) in [5, 5.41) is 16.5. The molecule has 216 valence electrons. The van der Waals surface area contributed by atoms with E-state index >= 15 is 0 Å². The first kappa shape index (κ1) is 28.5. The van der Waals surface area contributed by atoms with Crippen molar-refractivity contribution in [2.75, 3.05) is 6.54 Å². The van der Waals surface area contributed by atoms with Crippen molar-refractivity contribution in [3.63, 3.8) is 0 Å². The molecular weight excluding hydrogens is 563 g/mol. The van der Waals surface area contributed by atoms with Crippen molar-refractivity contribution < 1.29 is 36.2 Å². The van der Waals surface area contributed by atoms with E-state index in [0.717, 1.165) is 16.2 Å². The lowest BCUT2D eigenvalue weighted by Gasteiger charge is -2.24. The number of pyridine rings is 2. The summed E-state index contributed by atoms with van der Waals surface area (Å²) in [6.07, 6.45) is -2.32. The fraction of sp³-hybridized carbons (Fsp3) is 0.333. The number of carboxylic acids is 1. The van der Waals surface area contributed by atoms with Gasteiger partial charge in [0.15, 0.2) is 5.65 Å². The number of halogens is 3. The van der Waals surface area contributed by atoms with Crippen LogP contribution in [0.3, 0.4) is 0 Å². The van der Waals surface area contributed by atoms with E-state index in [0.29, 0.717) is 23.1 Å². The van der Waals surface area contributed by atoms with Gasteiger partial charge in [-0.1, -0.05) is 25.1 Å². The van der Waals surface area contributed by atoms with E-state index < -0.39 is 40.0 Å². The lowest BCUT2D eigenvalue weighted by molar-refractivity contribution is -0.145. The number of nitrogens with zero attached hydrogens (tertiary/aromatic N) is 5. The first-order chi connectivity index (χ1) is 19.4. The number of alkyl halides is 3. The number of aryl methyl sites for hydroxylation is 1. The Hall–Kier alpha value is -4.04. The van der Waals surface area contributed by atoms with Crippen LogP contribution in [0.15, 0.2) is 59.8 Å². The van der Waals surface area contributed by atoms with Gasteiger partial charge in [-0.25, -0.2) is 13.4 Å². The molecule has 0 radical (unpaired) electrons. The van der Waals surface area contributed by atoms with Crippen LogP contribution in [0.5, 0.6) is 5.88 Å². The smallest absolute Gasteiger partial charge is 0.452 e. The van der Waals surface area contributed by atoms with Crippen LogP contribution in [0.1, 0.15) is 53.8 Å². The number of hydrogen-bond donors (Lipinski definition) is 1. The van der Waals surface area contributed by atoms with E-state index in [1.165, 1.54) is 34.8 Å². The standard InChI is InChI=1S/C27H26F3N5O5S/c1-3-20-15-34(41(38,39)22-5-4-9-31-25(22)40-20)14-19-11-17(7-6-16(19)2)21(13-24(36)37)18-8-10-35-23(12-18)32-33-26(35)27(28,29)30/h4-12,20-21H,3,13-15H2,1-2H3,(H,36,37)/t20-,21+/m1/s1. The van der Waals surface area contributed by atoms with Crippen molar-refractivity contribution in [1.82, 2.24) is 23.9 Å². The number of sulfonamides is 1. The molecule has 14 heteroatoms. The molecule has 4 heterocycles. The Morgan fingerprint density at radius 1 is 1.17 bits per heavy atom. The van der Waals surface area contributed by atoms with Crippen LogP contribution in [0.25, 0.3) is 5.65 Å². The van der Waals surface area contributed by atoms with Gasteiger partial charge in [0.1, 0.15) is 11.0 Å². The van der Waals surface area contributed by atoms with Gasteiger partial charge in [0, 0.05) is 24.9 Å². The molecule has 0 spiro atoms. The highest BCUT2D eigenvalue weighted by molar-refractivity contribution is 7.89. The zero-order chi connectivity index (χ0) is 29.5. The van der Waals surface area contributed by atoms with Crippen LogP contribution in [0, 0.1) is 6.92 Å². The number of aliphatic carboxylic acids is 1. The summed E-state index contributed by atoms with van der Waals surface area (Å²) in [7, 11) is -3.97. The van der Waals surface area contributed by atoms with Crippen LogP contribution in [0.2, 0.25) is 0 Å². The van der Waals surface area contributed by atoms with Gasteiger partial charge < -0.3 is 9.84 Å². The molecule has 1 aliphatic rings. The van der Waals surface area contributed by atoms with E-state index in [2.05, 4.69) is 15.2 Å². The predicted octanol–water partition coefficient (Wildman–Crippen LogP) is 4.42. The number of carboxylic acid groups (broad SMARTS) is 1. The minimum Gasteiger partial charge on any atom is -0.481 e. The van der Waals surface area contributed by atoms with Gasteiger partial charge in [0.25, 0.3) is 0 Å². The molecule has 1 N–H and O–H groups in total. The zero-order valence-corrected chi connectivity index (χ0v) is 22.9. The lowest BCUT2D eigenvalue weighted by atomic mass is 9.87. The summed E-state index contributed by atoms with van der Waals surface area (Å²) < 4.78 is 75.1. The SMILES string of the molecule is CC[C@@H]1CN(Cc2cc([C@H](CC(=O)O)c3ccn4c(C(F)(F)F)nnc4c3)ccc2C)S(=O)(=O)c2cccnc2O1. The Labute approximate surface area is 233 Å². The molecule has 10 nitrogen and oxygen atoms in total. The predicted molar refractivity (Wildman–Crippen MR) is 140 cm³/mol. The molecule has 41 heavy (non-hydrogen) atoms. The Morgan fingerprint density at radius 3 is 2.63 bits per heavy atom. The topological polar surface area (TPSA) is 127 Å². The summed E-state index contributed by atoms with van der Waals surface area (Å²) in [6, 6.07) is 11.0. The quantitative estimate of drug-likeness (QED) is 0.336. The molecule has 5 rings (SSSR count). The molecule has 0 unspecified atom stereocenters. The maximum absolute atomic E-state index is 13.6. The van der Waals surface area contributed by atoms with Gasteiger partial charge in [0.2, 0.25) is 21.7 Å².